The maximum atomic E-state index is 13.8. The third-order valence-electron chi connectivity index (χ3n) is 6.45. The summed E-state index contributed by atoms with van der Waals surface area (Å²) < 4.78 is 51.3. The van der Waals surface area contributed by atoms with Crippen molar-refractivity contribution in [3.63, 3.8) is 0 Å². The van der Waals surface area contributed by atoms with Crippen LogP contribution in [0.4, 0.5) is 13.2 Å². The van der Waals surface area contributed by atoms with Gasteiger partial charge in [-0.3, -0.25) is 10.2 Å². The van der Waals surface area contributed by atoms with Crippen molar-refractivity contribution in [3.05, 3.63) is 112 Å². The second-order valence-corrected chi connectivity index (χ2v) is 10.2. The summed E-state index contributed by atoms with van der Waals surface area (Å²) in [5.74, 6) is 0.377. The monoisotopic (exact) mass is 631 g/mol. The van der Waals surface area contributed by atoms with Gasteiger partial charge in [-0.25, -0.2) is 10.4 Å². The fraction of sp³-hybridized carbons (Fsp3) is 0.267. The Morgan fingerprint density at radius 3 is 2.46 bits per heavy atom. The van der Waals surface area contributed by atoms with Crippen LogP contribution >= 0.6 is 15.9 Å². The van der Waals surface area contributed by atoms with Crippen molar-refractivity contribution in [2.45, 2.75) is 37.2 Å². The normalized spacial score (nSPS) is 18.4. The van der Waals surface area contributed by atoms with Gasteiger partial charge in [-0.2, -0.15) is 13.2 Å². The molecule has 0 radical (unpaired) electrons. The van der Waals surface area contributed by atoms with Crippen molar-refractivity contribution in [2.24, 2.45) is 4.99 Å². The van der Waals surface area contributed by atoms with E-state index in [1.807, 2.05) is 24.3 Å². The topological polar surface area (TPSA) is 92.2 Å². The number of amides is 1. The van der Waals surface area contributed by atoms with E-state index >= 15 is 0 Å². The molecule has 216 valence electrons. The molecule has 1 aliphatic heterocycles. The number of aliphatic hydroxyl groups is 1. The molecule has 0 saturated heterocycles. The van der Waals surface area contributed by atoms with Crippen LogP contribution in [0.2, 0.25) is 0 Å². The summed E-state index contributed by atoms with van der Waals surface area (Å²) >= 11 is 3.56. The third kappa shape index (κ3) is 7.16. The molecule has 0 aromatic heterocycles. The summed E-state index contributed by atoms with van der Waals surface area (Å²) in [4.78, 5) is 18.6. The maximum absolute atomic E-state index is 13.8. The highest BCUT2D eigenvalue weighted by atomic mass is 79.9. The number of ether oxygens (including phenoxy) is 2. The van der Waals surface area contributed by atoms with Crippen LogP contribution in [0.3, 0.4) is 0 Å². The van der Waals surface area contributed by atoms with Gasteiger partial charge in [0.2, 0.25) is 5.90 Å². The number of halogens is 4. The molecule has 1 amide bonds. The summed E-state index contributed by atoms with van der Waals surface area (Å²) in [6.07, 6.45) is -3.01. The average molecular weight is 632 g/mol. The number of aliphatic hydroxyl groups excluding tert-OH is 1. The van der Waals surface area contributed by atoms with Gasteiger partial charge >= 0.3 is 6.18 Å². The molecule has 0 saturated carbocycles. The Kier molecular flexibility index (Phi) is 9.85. The Morgan fingerprint density at radius 1 is 1.12 bits per heavy atom. The Bertz CT molecular complexity index is 1380. The minimum atomic E-state index is -4.43. The number of rotatable bonds is 12. The third-order valence-corrected chi connectivity index (χ3v) is 7.17. The number of nitrogens with one attached hydrogen (secondary N) is 2. The lowest BCUT2D eigenvalue weighted by atomic mass is 9.84. The number of alkyl halides is 3. The molecular weight excluding hydrogens is 603 g/mol. The molecule has 1 aliphatic rings. The number of carbonyl (C=O) groups excluding carboxylic acids is 1. The number of aliphatic imine (C=N–C) groups is 1. The van der Waals surface area contributed by atoms with Gasteiger partial charge in [-0.1, -0.05) is 52.3 Å². The summed E-state index contributed by atoms with van der Waals surface area (Å²) in [6, 6.07) is 19.1. The highest BCUT2D eigenvalue weighted by molar-refractivity contribution is 9.10. The number of nitrogens with zero attached hydrogens (tertiary/aromatic N) is 1. The Morgan fingerprint density at radius 2 is 1.83 bits per heavy atom. The molecule has 0 unspecified atom stereocenters. The quantitative estimate of drug-likeness (QED) is 0.132. The minimum Gasteiger partial charge on any atom is -0.494 e. The summed E-state index contributed by atoms with van der Waals surface area (Å²) in [5.41, 5.74) is 5.17. The number of hydrogen-bond donors (Lipinski definition) is 3. The molecule has 0 spiro atoms. The van der Waals surface area contributed by atoms with Gasteiger partial charge in [0.05, 0.1) is 12.2 Å². The Hall–Kier alpha value is -3.67. The van der Waals surface area contributed by atoms with Crippen LogP contribution in [0.25, 0.3) is 0 Å². The number of carbonyl (C=O) groups is 1. The first-order chi connectivity index (χ1) is 19.7. The van der Waals surface area contributed by atoms with Gasteiger partial charge in [0.1, 0.15) is 5.75 Å². The molecule has 3 aromatic rings. The summed E-state index contributed by atoms with van der Waals surface area (Å²) in [5, 5.41) is 8.96. The summed E-state index contributed by atoms with van der Waals surface area (Å²) in [7, 11) is 0. The lowest BCUT2D eigenvalue weighted by Gasteiger charge is -2.30. The van der Waals surface area contributed by atoms with Crippen molar-refractivity contribution < 1.29 is 32.5 Å². The lowest BCUT2D eigenvalue weighted by molar-refractivity contribution is -0.137. The van der Waals surface area contributed by atoms with Gasteiger partial charge in [0, 0.05) is 41.6 Å². The highest BCUT2D eigenvalue weighted by Gasteiger charge is 2.53. The van der Waals surface area contributed by atoms with Gasteiger partial charge in [0.25, 0.3) is 5.91 Å². The van der Waals surface area contributed by atoms with E-state index in [0.29, 0.717) is 35.5 Å². The van der Waals surface area contributed by atoms with Crippen molar-refractivity contribution in [1.82, 2.24) is 10.9 Å². The van der Waals surface area contributed by atoms with E-state index in [1.54, 1.807) is 30.3 Å². The second kappa shape index (κ2) is 13.3. The van der Waals surface area contributed by atoms with Gasteiger partial charge in [-0.05, 0) is 48.0 Å². The fourth-order valence-electron chi connectivity index (χ4n) is 4.35. The molecule has 11 heteroatoms. The predicted molar refractivity (Wildman–Crippen MR) is 152 cm³/mol. The molecule has 2 atom stereocenters. The van der Waals surface area contributed by atoms with Crippen LogP contribution in [-0.2, 0) is 22.3 Å². The van der Waals surface area contributed by atoms with E-state index in [1.165, 1.54) is 12.1 Å². The zero-order valence-corrected chi connectivity index (χ0v) is 23.5. The SMILES string of the molecule is C=CC[C@]1(C(=O)NNCc2ccc(C(F)(F)F)cc2)N=C(c2ccc(OCCCO)cc2)O[C@H]1c1ccccc1Br. The zero-order chi connectivity index (χ0) is 29.5. The predicted octanol–water partition coefficient (Wildman–Crippen LogP) is 5.88. The van der Waals surface area contributed by atoms with Crippen LogP contribution in [-0.4, -0.2) is 35.7 Å². The van der Waals surface area contributed by atoms with E-state index in [2.05, 4.69) is 33.4 Å². The maximum Gasteiger partial charge on any atom is 0.416 e. The van der Waals surface area contributed by atoms with Crippen LogP contribution in [0, 0.1) is 0 Å². The van der Waals surface area contributed by atoms with Gasteiger partial charge in [-0.15, -0.1) is 6.58 Å². The first-order valence-electron chi connectivity index (χ1n) is 12.8. The molecule has 4 rings (SSSR count). The number of hydrogen-bond acceptors (Lipinski definition) is 6. The molecular formula is C30H29BrF3N3O4. The molecule has 1 heterocycles. The van der Waals surface area contributed by atoms with E-state index in [9.17, 15) is 18.0 Å². The van der Waals surface area contributed by atoms with Gasteiger partial charge in [0.15, 0.2) is 11.6 Å². The van der Waals surface area contributed by atoms with Crippen molar-refractivity contribution in [2.75, 3.05) is 13.2 Å². The van der Waals surface area contributed by atoms with Gasteiger partial charge < -0.3 is 14.6 Å². The number of hydrazine groups is 1. The molecule has 0 aliphatic carbocycles. The average Bonchev–Trinajstić information content (AvgIpc) is 3.34. The first kappa shape index (κ1) is 30.3. The van der Waals surface area contributed by atoms with Crippen molar-refractivity contribution in [1.29, 1.82) is 0 Å². The van der Waals surface area contributed by atoms with Crippen molar-refractivity contribution >= 4 is 27.7 Å². The first-order valence-corrected chi connectivity index (χ1v) is 13.6. The van der Waals surface area contributed by atoms with Crippen LogP contribution in [0.1, 0.15) is 41.2 Å². The van der Waals surface area contributed by atoms with Crippen LogP contribution in [0.5, 0.6) is 5.75 Å². The molecule has 0 bridgehead atoms. The van der Waals surface area contributed by atoms with E-state index in [-0.39, 0.29) is 25.5 Å². The van der Waals surface area contributed by atoms with E-state index in [4.69, 9.17) is 19.6 Å². The molecule has 7 nitrogen and oxygen atoms in total. The smallest absolute Gasteiger partial charge is 0.416 e. The highest BCUT2D eigenvalue weighted by Crippen LogP contribution is 2.44. The van der Waals surface area contributed by atoms with Crippen molar-refractivity contribution in [3.8, 4) is 5.75 Å². The minimum absolute atomic E-state index is 0.0335. The molecule has 41 heavy (non-hydrogen) atoms. The standard InChI is InChI=1S/C30H29BrF3N3O4/c1-2-16-29(28(39)37-35-19-20-8-12-22(13-9-20)30(32,33)34)26(24-6-3-4-7-25(24)31)41-27(36-29)21-10-14-23(15-11-21)40-18-5-17-38/h2-4,6-15,26,35,38H,1,5,16-19H2,(H,37,39)/t26-,29-/m0/s1. The molecule has 3 N–H and O–H groups in total. The fourth-order valence-corrected chi connectivity index (χ4v) is 4.84. The Balaban J connectivity index is 1.59. The number of benzene rings is 3. The molecule has 3 aromatic carbocycles. The zero-order valence-electron chi connectivity index (χ0n) is 22.0. The van der Waals surface area contributed by atoms with Crippen LogP contribution < -0.4 is 15.6 Å². The largest absolute Gasteiger partial charge is 0.494 e. The second-order valence-electron chi connectivity index (χ2n) is 9.31. The van der Waals surface area contributed by atoms with Crippen LogP contribution in [0.15, 0.2) is 94.9 Å². The summed E-state index contributed by atoms with van der Waals surface area (Å²) in [6.45, 7) is 4.33. The van der Waals surface area contributed by atoms with E-state index in [0.717, 1.165) is 16.6 Å². The lowest BCUT2D eigenvalue weighted by Crippen LogP contribution is -2.52. The van der Waals surface area contributed by atoms with E-state index < -0.39 is 29.3 Å². The Labute approximate surface area is 244 Å². The molecule has 0 fully saturated rings.